The first-order valence-corrected chi connectivity index (χ1v) is 7.36. The van der Waals surface area contributed by atoms with Gasteiger partial charge in [-0.3, -0.25) is 4.79 Å². The van der Waals surface area contributed by atoms with Crippen LogP contribution in [0.15, 0.2) is 54.6 Å². The summed E-state index contributed by atoms with van der Waals surface area (Å²) in [5.74, 6) is 0.0412. The highest BCUT2D eigenvalue weighted by atomic mass is 16.2. The molecule has 2 aromatic rings. The molecule has 0 heterocycles. The van der Waals surface area contributed by atoms with E-state index < -0.39 is 0 Å². The number of hydrogen-bond donors (Lipinski definition) is 2. The van der Waals surface area contributed by atoms with Crippen LogP contribution in [0.5, 0.6) is 0 Å². The molecular formula is C18H21NO2. The second-order valence-electron chi connectivity index (χ2n) is 4.99. The van der Waals surface area contributed by atoms with Crippen LogP contribution in [0.3, 0.4) is 0 Å². The first kappa shape index (κ1) is 15.3. The van der Waals surface area contributed by atoms with E-state index in [1.165, 1.54) is 0 Å². The van der Waals surface area contributed by atoms with Crippen molar-refractivity contribution in [1.29, 1.82) is 0 Å². The Morgan fingerprint density at radius 1 is 0.905 bits per heavy atom. The lowest BCUT2D eigenvalue weighted by Crippen LogP contribution is -2.05. The predicted molar refractivity (Wildman–Crippen MR) is 85.7 cm³/mol. The zero-order valence-corrected chi connectivity index (χ0v) is 12.1. The average Bonchev–Trinajstić information content (AvgIpc) is 2.55. The van der Waals surface area contributed by atoms with Crippen molar-refractivity contribution in [1.82, 2.24) is 0 Å². The van der Waals surface area contributed by atoms with E-state index in [1.807, 2.05) is 54.6 Å². The number of rotatable bonds is 8. The molecule has 0 radical (unpaired) electrons. The number of aliphatic hydroxyl groups is 1. The Balaban J connectivity index is 1.96. The van der Waals surface area contributed by atoms with Crippen molar-refractivity contribution >= 4 is 11.5 Å². The van der Waals surface area contributed by atoms with E-state index in [0.29, 0.717) is 11.1 Å². The van der Waals surface area contributed by atoms with Crippen LogP contribution < -0.4 is 5.32 Å². The van der Waals surface area contributed by atoms with Gasteiger partial charge >= 0.3 is 0 Å². The molecule has 0 aliphatic carbocycles. The minimum atomic E-state index is 0.0412. The van der Waals surface area contributed by atoms with Gasteiger partial charge in [0.15, 0.2) is 5.78 Å². The maximum atomic E-state index is 12.4. The van der Waals surface area contributed by atoms with Gasteiger partial charge in [0.25, 0.3) is 0 Å². The molecule has 3 heteroatoms. The Bertz CT molecular complexity index is 566. The summed E-state index contributed by atoms with van der Waals surface area (Å²) in [5.41, 5.74) is 2.36. The van der Waals surface area contributed by atoms with Crippen molar-refractivity contribution in [3.8, 4) is 0 Å². The first-order chi connectivity index (χ1) is 10.3. The molecule has 2 aromatic carbocycles. The molecule has 21 heavy (non-hydrogen) atoms. The largest absolute Gasteiger partial charge is 0.396 e. The monoisotopic (exact) mass is 283 g/mol. The summed E-state index contributed by atoms with van der Waals surface area (Å²) in [7, 11) is 0. The van der Waals surface area contributed by atoms with Crippen LogP contribution in [0, 0.1) is 0 Å². The minimum absolute atomic E-state index is 0.0412. The molecule has 0 saturated carbocycles. The number of nitrogens with one attached hydrogen (secondary N) is 1. The van der Waals surface area contributed by atoms with Gasteiger partial charge in [-0.2, -0.15) is 0 Å². The number of ketones is 1. The van der Waals surface area contributed by atoms with Crippen LogP contribution >= 0.6 is 0 Å². The summed E-state index contributed by atoms with van der Waals surface area (Å²) in [6.45, 7) is 1.10. The molecule has 2 N–H and O–H groups in total. The van der Waals surface area contributed by atoms with Crippen LogP contribution in [0.25, 0.3) is 0 Å². The van der Waals surface area contributed by atoms with Crippen molar-refractivity contribution < 1.29 is 9.90 Å². The number of aliphatic hydroxyl groups excluding tert-OH is 1. The van der Waals surface area contributed by atoms with E-state index in [4.69, 9.17) is 5.11 Å². The summed E-state index contributed by atoms with van der Waals surface area (Å²) in [6, 6.07) is 16.9. The molecule has 0 spiro atoms. The molecule has 0 atom stereocenters. The molecule has 0 unspecified atom stereocenters. The Morgan fingerprint density at radius 3 is 2.43 bits per heavy atom. The van der Waals surface area contributed by atoms with E-state index in [1.54, 1.807) is 0 Å². The zero-order valence-electron chi connectivity index (χ0n) is 12.1. The van der Waals surface area contributed by atoms with E-state index in [-0.39, 0.29) is 12.4 Å². The second-order valence-corrected chi connectivity index (χ2v) is 4.99. The summed E-state index contributed by atoms with van der Waals surface area (Å²) >= 11 is 0. The van der Waals surface area contributed by atoms with Crippen LogP contribution in [0.2, 0.25) is 0 Å². The fraction of sp³-hybridized carbons (Fsp3) is 0.278. The van der Waals surface area contributed by atoms with Crippen LogP contribution in [0.4, 0.5) is 5.69 Å². The molecule has 0 aliphatic heterocycles. The van der Waals surface area contributed by atoms with Gasteiger partial charge in [0, 0.05) is 30.0 Å². The van der Waals surface area contributed by atoms with Crippen LogP contribution in [-0.2, 0) is 0 Å². The molecule has 0 saturated heterocycles. The molecule has 110 valence electrons. The summed E-state index contributed by atoms with van der Waals surface area (Å²) in [6.07, 6.45) is 2.86. The van der Waals surface area contributed by atoms with E-state index in [2.05, 4.69) is 5.32 Å². The highest BCUT2D eigenvalue weighted by molar-refractivity contribution is 6.09. The second kappa shape index (κ2) is 8.22. The fourth-order valence-electron chi connectivity index (χ4n) is 2.17. The molecule has 2 rings (SSSR count). The van der Waals surface area contributed by atoms with Gasteiger partial charge in [-0.15, -0.1) is 0 Å². The third-order valence-corrected chi connectivity index (χ3v) is 3.32. The van der Waals surface area contributed by atoms with Crippen molar-refractivity contribution in [2.45, 2.75) is 19.3 Å². The highest BCUT2D eigenvalue weighted by Crippen LogP contribution is 2.15. The average molecular weight is 283 g/mol. The SMILES string of the molecule is O=C(c1ccccc1)c1cccc(NCCCCCO)c1. The smallest absolute Gasteiger partial charge is 0.193 e. The van der Waals surface area contributed by atoms with Crippen molar-refractivity contribution in [2.24, 2.45) is 0 Å². The van der Waals surface area contributed by atoms with E-state index >= 15 is 0 Å². The van der Waals surface area contributed by atoms with Gasteiger partial charge in [-0.05, 0) is 31.4 Å². The molecule has 0 bridgehead atoms. The maximum absolute atomic E-state index is 12.4. The summed E-state index contributed by atoms with van der Waals surface area (Å²) < 4.78 is 0. The topological polar surface area (TPSA) is 49.3 Å². The van der Waals surface area contributed by atoms with Crippen LogP contribution in [-0.4, -0.2) is 24.0 Å². The molecule has 0 amide bonds. The summed E-state index contributed by atoms with van der Waals surface area (Å²) in [4.78, 5) is 12.4. The molecule has 0 aliphatic rings. The normalized spacial score (nSPS) is 10.3. The first-order valence-electron chi connectivity index (χ1n) is 7.36. The lowest BCUT2D eigenvalue weighted by Gasteiger charge is -2.08. The molecule has 3 nitrogen and oxygen atoms in total. The minimum Gasteiger partial charge on any atom is -0.396 e. The summed E-state index contributed by atoms with van der Waals surface area (Å²) in [5, 5.41) is 12.0. The highest BCUT2D eigenvalue weighted by Gasteiger charge is 2.08. The Kier molecular flexibility index (Phi) is 5.98. The number of hydrogen-bond acceptors (Lipinski definition) is 3. The van der Waals surface area contributed by atoms with Gasteiger partial charge in [0.05, 0.1) is 0 Å². The van der Waals surface area contributed by atoms with Crippen molar-refractivity contribution in [2.75, 3.05) is 18.5 Å². The van der Waals surface area contributed by atoms with E-state index in [9.17, 15) is 4.79 Å². The Hall–Kier alpha value is -2.13. The molecule has 0 aromatic heterocycles. The number of benzene rings is 2. The Morgan fingerprint density at radius 2 is 1.67 bits per heavy atom. The lowest BCUT2D eigenvalue weighted by atomic mass is 10.0. The number of unbranched alkanes of at least 4 members (excludes halogenated alkanes) is 2. The standard InChI is InChI=1S/C18H21NO2/c20-13-6-2-5-12-19-17-11-7-10-16(14-17)18(21)15-8-3-1-4-9-15/h1,3-4,7-11,14,19-20H,2,5-6,12-13H2. The molecular weight excluding hydrogens is 262 g/mol. The van der Waals surface area contributed by atoms with Gasteiger partial charge in [0.2, 0.25) is 0 Å². The van der Waals surface area contributed by atoms with Crippen molar-refractivity contribution in [3.63, 3.8) is 0 Å². The quantitative estimate of drug-likeness (QED) is 0.576. The van der Waals surface area contributed by atoms with Gasteiger partial charge in [-0.1, -0.05) is 42.5 Å². The maximum Gasteiger partial charge on any atom is 0.193 e. The number of carbonyl (C=O) groups excluding carboxylic acids is 1. The third kappa shape index (κ3) is 4.72. The van der Waals surface area contributed by atoms with Gasteiger partial charge in [-0.25, -0.2) is 0 Å². The molecule has 0 fully saturated rings. The fourth-order valence-corrected chi connectivity index (χ4v) is 2.17. The predicted octanol–water partition coefficient (Wildman–Crippen LogP) is 3.49. The third-order valence-electron chi connectivity index (χ3n) is 3.32. The zero-order chi connectivity index (χ0) is 14.9. The van der Waals surface area contributed by atoms with Crippen molar-refractivity contribution in [3.05, 3.63) is 65.7 Å². The van der Waals surface area contributed by atoms with E-state index in [0.717, 1.165) is 31.5 Å². The number of carbonyl (C=O) groups is 1. The lowest BCUT2D eigenvalue weighted by molar-refractivity contribution is 0.103. The Labute approximate surface area is 125 Å². The van der Waals surface area contributed by atoms with Crippen LogP contribution in [0.1, 0.15) is 35.2 Å². The van der Waals surface area contributed by atoms with Gasteiger partial charge < -0.3 is 10.4 Å². The van der Waals surface area contributed by atoms with Gasteiger partial charge in [0.1, 0.15) is 0 Å². The number of anilines is 1.